The van der Waals surface area contributed by atoms with Crippen molar-refractivity contribution < 1.29 is 14.3 Å². The lowest BCUT2D eigenvalue weighted by atomic mass is 10.2. The minimum Gasteiger partial charge on any atom is -0.457 e. The molecule has 0 saturated heterocycles. The summed E-state index contributed by atoms with van der Waals surface area (Å²) in [5.41, 5.74) is 5.93. The molecule has 0 spiro atoms. The van der Waals surface area contributed by atoms with Gasteiger partial charge in [0, 0.05) is 30.4 Å². The highest BCUT2D eigenvalue weighted by atomic mass is 32.2. The molecule has 0 fully saturated rings. The van der Waals surface area contributed by atoms with Gasteiger partial charge in [-0.2, -0.15) is 0 Å². The number of nitrogens with two attached hydrogens (primary N) is 1. The van der Waals surface area contributed by atoms with Gasteiger partial charge in [0.1, 0.15) is 11.4 Å². The maximum Gasteiger partial charge on any atom is 0.332 e. The maximum absolute atomic E-state index is 12.5. The molecule has 0 unspecified atom stereocenters. The zero-order valence-corrected chi connectivity index (χ0v) is 18.9. The van der Waals surface area contributed by atoms with Gasteiger partial charge in [-0.15, -0.1) is 0 Å². The topological polar surface area (TPSA) is 117 Å². The van der Waals surface area contributed by atoms with E-state index in [0.29, 0.717) is 6.54 Å². The fourth-order valence-corrected chi connectivity index (χ4v) is 4.73. The molecule has 170 valence electrons. The van der Waals surface area contributed by atoms with Crippen molar-refractivity contribution in [1.29, 1.82) is 0 Å². The van der Waals surface area contributed by atoms with E-state index in [2.05, 4.69) is 0 Å². The van der Waals surface area contributed by atoms with Crippen LogP contribution in [0.5, 0.6) is 0 Å². The van der Waals surface area contributed by atoms with Gasteiger partial charge in [-0.05, 0) is 24.3 Å². The minimum atomic E-state index is -0.823. The van der Waals surface area contributed by atoms with Crippen molar-refractivity contribution >= 4 is 40.7 Å². The van der Waals surface area contributed by atoms with Crippen molar-refractivity contribution in [3.8, 4) is 0 Å². The van der Waals surface area contributed by atoms with Gasteiger partial charge in [0.15, 0.2) is 6.61 Å². The van der Waals surface area contributed by atoms with Crippen LogP contribution in [0.15, 0.2) is 67.9 Å². The van der Waals surface area contributed by atoms with Gasteiger partial charge in [0.2, 0.25) is 5.78 Å². The van der Waals surface area contributed by atoms with E-state index in [0.717, 1.165) is 30.3 Å². The molecule has 0 aliphatic carbocycles. The number of carbonyl (C=O) groups is 2. The quantitative estimate of drug-likeness (QED) is 0.434. The number of ketones is 1. The van der Waals surface area contributed by atoms with Crippen LogP contribution in [0.25, 0.3) is 0 Å². The number of carbonyl (C=O) groups excluding carboxylic acids is 2. The summed E-state index contributed by atoms with van der Waals surface area (Å²) in [7, 11) is 2.60. The zero-order chi connectivity index (χ0) is 23.7. The van der Waals surface area contributed by atoms with Crippen molar-refractivity contribution in [1.82, 2.24) is 9.13 Å². The monoisotopic (exact) mass is 466 g/mol. The van der Waals surface area contributed by atoms with Crippen LogP contribution in [-0.2, 0) is 23.6 Å². The molecule has 1 aliphatic heterocycles. The zero-order valence-electron chi connectivity index (χ0n) is 18.1. The fourth-order valence-electron chi connectivity index (χ4n) is 3.64. The summed E-state index contributed by atoms with van der Waals surface area (Å²) >= 11 is 1.67. The molecule has 9 nitrogen and oxygen atoms in total. The Kier molecular flexibility index (Phi) is 6.10. The molecule has 1 aromatic heterocycles. The van der Waals surface area contributed by atoms with E-state index >= 15 is 0 Å². The number of anilines is 3. The number of nitrogens with zero attached hydrogens (tertiary/aromatic N) is 3. The summed E-state index contributed by atoms with van der Waals surface area (Å²) < 4.78 is 6.92. The van der Waals surface area contributed by atoms with Gasteiger partial charge in [-0.25, -0.2) is 4.79 Å². The summed E-state index contributed by atoms with van der Waals surface area (Å²) in [6, 6.07) is 15.8. The van der Waals surface area contributed by atoms with Gasteiger partial charge < -0.3 is 15.4 Å². The highest BCUT2D eigenvalue weighted by molar-refractivity contribution is 7.99. The van der Waals surface area contributed by atoms with Crippen molar-refractivity contribution in [3.05, 3.63) is 74.9 Å². The molecule has 10 heteroatoms. The van der Waals surface area contributed by atoms with Gasteiger partial charge in [-0.3, -0.25) is 23.5 Å². The Morgan fingerprint density at radius 2 is 1.52 bits per heavy atom. The third-order valence-electron chi connectivity index (χ3n) is 5.42. The number of para-hydroxylation sites is 2. The van der Waals surface area contributed by atoms with Crippen molar-refractivity contribution in [2.75, 3.05) is 23.8 Å². The molecule has 2 N–H and O–H groups in total. The van der Waals surface area contributed by atoms with E-state index in [4.69, 9.17) is 10.5 Å². The summed E-state index contributed by atoms with van der Waals surface area (Å²) in [5.74, 6) is -1.61. The van der Waals surface area contributed by atoms with Crippen LogP contribution in [0.3, 0.4) is 0 Å². The number of hydrogen-bond donors (Lipinski definition) is 1. The average molecular weight is 467 g/mol. The number of fused-ring (bicyclic) bond motifs is 2. The second kappa shape index (κ2) is 8.99. The highest BCUT2D eigenvalue weighted by Gasteiger charge is 2.24. The number of ether oxygens (including phenoxy) is 1. The lowest BCUT2D eigenvalue weighted by Gasteiger charge is -2.32. The second-order valence-corrected chi connectivity index (χ2v) is 8.57. The predicted octanol–water partition coefficient (Wildman–Crippen LogP) is 2.09. The molecule has 2 aromatic carbocycles. The molecule has 0 radical (unpaired) electrons. The first kappa shape index (κ1) is 22.4. The van der Waals surface area contributed by atoms with E-state index < -0.39 is 29.6 Å². The van der Waals surface area contributed by atoms with Crippen LogP contribution in [-0.4, -0.2) is 34.0 Å². The predicted molar refractivity (Wildman–Crippen MR) is 125 cm³/mol. The Labute approximate surface area is 193 Å². The summed E-state index contributed by atoms with van der Waals surface area (Å²) in [6.07, 6.45) is 0.0291. The first-order chi connectivity index (χ1) is 15.8. The standard InChI is InChI=1S/C23H22N4O5S/c1-25-21(24)20(22(30)26(2)23(25)31)16(28)13-32-19(29)11-12-27-14-7-3-5-9-17(14)33-18-10-6-4-8-15(18)27/h3-10H,11-13,24H2,1-2H3. The van der Waals surface area contributed by atoms with Gasteiger partial charge in [-0.1, -0.05) is 36.0 Å². The van der Waals surface area contributed by atoms with Crippen LogP contribution < -0.4 is 21.9 Å². The summed E-state index contributed by atoms with van der Waals surface area (Å²) in [6.45, 7) is -0.287. The molecule has 0 amide bonds. The summed E-state index contributed by atoms with van der Waals surface area (Å²) in [5, 5.41) is 0. The molecule has 1 aliphatic rings. The first-order valence-electron chi connectivity index (χ1n) is 10.2. The van der Waals surface area contributed by atoms with E-state index in [1.165, 1.54) is 14.1 Å². The van der Waals surface area contributed by atoms with Gasteiger partial charge in [0.25, 0.3) is 5.56 Å². The minimum absolute atomic E-state index is 0.0291. The third kappa shape index (κ3) is 4.17. The fraction of sp³-hybridized carbons (Fsp3) is 0.217. The summed E-state index contributed by atoms with van der Waals surface area (Å²) in [4.78, 5) is 53.4. The lowest BCUT2D eigenvalue weighted by molar-refractivity contribution is -0.142. The molecule has 0 bridgehead atoms. The highest BCUT2D eigenvalue weighted by Crippen LogP contribution is 2.47. The Balaban J connectivity index is 1.45. The molecule has 0 saturated carbocycles. The molecule has 4 rings (SSSR count). The van der Waals surface area contributed by atoms with Crippen LogP contribution in [0.2, 0.25) is 0 Å². The molecular weight excluding hydrogens is 444 g/mol. The Morgan fingerprint density at radius 1 is 0.939 bits per heavy atom. The van der Waals surface area contributed by atoms with Gasteiger partial charge in [0.05, 0.1) is 17.8 Å². The molecule has 33 heavy (non-hydrogen) atoms. The number of nitrogen functional groups attached to an aromatic ring is 1. The third-order valence-corrected chi connectivity index (χ3v) is 6.55. The van der Waals surface area contributed by atoms with E-state index in [9.17, 15) is 19.2 Å². The molecule has 2 heterocycles. The second-order valence-electron chi connectivity index (χ2n) is 7.49. The van der Waals surface area contributed by atoms with Crippen LogP contribution in [0.4, 0.5) is 17.2 Å². The van der Waals surface area contributed by atoms with Crippen molar-refractivity contribution in [2.45, 2.75) is 16.2 Å². The van der Waals surface area contributed by atoms with Crippen molar-refractivity contribution in [3.63, 3.8) is 0 Å². The van der Waals surface area contributed by atoms with E-state index in [1.54, 1.807) is 11.8 Å². The Hall–Kier alpha value is -3.79. The average Bonchev–Trinajstić information content (AvgIpc) is 2.82. The van der Waals surface area contributed by atoms with Crippen LogP contribution in [0.1, 0.15) is 16.8 Å². The van der Waals surface area contributed by atoms with E-state index in [-0.39, 0.29) is 17.8 Å². The Morgan fingerprint density at radius 3 is 2.12 bits per heavy atom. The number of aromatic nitrogens is 2. The maximum atomic E-state index is 12.5. The number of esters is 1. The number of hydrogen-bond acceptors (Lipinski definition) is 8. The smallest absolute Gasteiger partial charge is 0.332 e. The molecular formula is C23H22N4O5S. The Bertz CT molecular complexity index is 1330. The largest absolute Gasteiger partial charge is 0.457 e. The molecule has 3 aromatic rings. The SMILES string of the molecule is Cn1c(N)c(C(=O)COC(=O)CCN2c3ccccc3Sc3ccccc32)c(=O)n(C)c1=O. The van der Waals surface area contributed by atoms with Gasteiger partial charge >= 0.3 is 11.7 Å². The van der Waals surface area contributed by atoms with Crippen molar-refractivity contribution in [2.24, 2.45) is 14.1 Å². The van der Waals surface area contributed by atoms with Crippen LogP contribution in [0, 0.1) is 0 Å². The normalized spacial score (nSPS) is 12.1. The lowest BCUT2D eigenvalue weighted by Crippen LogP contribution is -2.42. The number of Topliss-reactive ketones (excluding diaryl/α,β-unsaturated/α-hetero) is 1. The number of rotatable bonds is 6. The van der Waals surface area contributed by atoms with Crippen LogP contribution >= 0.6 is 11.8 Å². The molecule has 0 atom stereocenters. The first-order valence-corrected chi connectivity index (χ1v) is 11.0. The van der Waals surface area contributed by atoms with E-state index in [1.807, 2.05) is 53.4 Å². The number of benzene rings is 2.